The van der Waals surface area contributed by atoms with Crippen molar-refractivity contribution in [3.05, 3.63) is 18.0 Å². The number of aromatic nitrogens is 2. The van der Waals surface area contributed by atoms with Gasteiger partial charge in [-0.1, -0.05) is 0 Å². The molecule has 1 N–H and O–H groups in total. The minimum Gasteiger partial charge on any atom is -0.379 e. The van der Waals surface area contributed by atoms with Crippen LogP contribution in [0.25, 0.3) is 0 Å². The zero-order valence-electron chi connectivity index (χ0n) is 10.6. The molecule has 96 valence electrons. The fourth-order valence-electron chi connectivity index (χ4n) is 1.97. The SMILES string of the molecule is CCn1cc(CNCCN2CCOCC2)cn1. The fourth-order valence-corrected chi connectivity index (χ4v) is 1.97. The molecule has 0 aromatic carbocycles. The third kappa shape index (κ3) is 4.11. The number of aryl methyl sites for hydroxylation is 1. The Morgan fingerprint density at radius 3 is 2.94 bits per heavy atom. The molecule has 5 nitrogen and oxygen atoms in total. The monoisotopic (exact) mass is 238 g/mol. The van der Waals surface area contributed by atoms with Crippen LogP contribution >= 0.6 is 0 Å². The van der Waals surface area contributed by atoms with Crippen LogP contribution in [0.2, 0.25) is 0 Å². The lowest BCUT2D eigenvalue weighted by Crippen LogP contribution is -2.40. The van der Waals surface area contributed by atoms with Crippen LogP contribution in [0.15, 0.2) is 12.4 Å². The lowest BCUT2D eigenvalue weighted by Gasteiger charge is -2.26. The van der Waals surface area contributed by atoms with Gasteiger partial charge in [-0.05, 0) is 6.92 Å². The average molecular weight is 238 g/mol. The highest BCUT2D eigenvalue weighted by Crippen LogP contribution is 1.98. The van der Waals surface area contributed by atoms with Crippen molar-refractivity contribution in [1.29, 1.82) is 0 Å². The molecule has 17 heavy (non-hydrogen) atoms. The Morgan fingerprint density at radius 1 is 1.41 bits per heavy atom. The summed E-state index contributed by atoms with van der Waals surface area (Å²) in [5.74, 6) is 0. The van der Waals surface area contributed by atoms with Gasteiger partial charge >= 0.3 is 0 Å². The van der Waals surface area contributed by atoms with E-state index in [2.05, 4.69) is 28.4 Å². The Balaban J connectivity index is 1.59. The molecule has 1 aromatic rings. The van der Waals surface area contributed by atoms with Gasteiger partial charge < -0.3 is 10.1 Å². The maximum atomic E-state index is 5.32. The molecule has 1 saturated heterocycles. The highest BCUT2D eigenvalue weighted by atomic mass is 16.5. The first-order valence-electron chi connectivity index (χ1n) is 6.40. The summed E-state index contributed by atoms with van der Waals surface area (Å²) >= 11 is 0. The molecule has 1 aliphatic heterocycles. The fraction of sp³-hybridized carbons (Fsp3) is 0.750. The van der Waals surface area contributed by atoms with E-state index in [9.17, 15) is 0 Å². The van der Waals surface area contributed by atoms with Crippen molar-refractivity contribution in [2.75, 3.05) is 39.4 Å². The van der Waals surface area contributed by atoms with Crippen molar-refractivity contribution in [2.24, 2.45) is 0 Å². The van der Waals surface area contributed by atoms with Crippen LogP contribution in [0.3, 0.4) is 0 Å². The van der Waals surface area contributed by atoms with Crippen LogP contribution in [0.5, 0.6) is 0 Å². The van der Waals surface area contributed by atoms with Gasteiger partial charge in [0.1, 0.15) is 0 Å². The van der Waals surface area contributed by atoms with Gasteiger partial charge in [-0.3, -0.25) is 9.58 Å². The number of morpholine rings is 1. The predicted octanol–water partition coefficient (Wildman–Crippen LogP) is 0.325. The first-order valence-corrected chi connectivity index (χ1v) is 6.40. The van der Waals surface area contributed by atoms with Crippen molar-refractivity contribution in [3.8, 4) is 0 Å². The van der Waals surface area contributed by atoms with Gasteiger partial charge in [0.15, 0.2) is 0 Å². The number of ether oxygens (including phenoxy) is 1. The standard InChI is InChI=1S/C12H22N4O/c1-2-16-11-12(10-14-16)9-13-3-4-15-5-7-17-8-6-15/h10-11,13H,2-9H2,1H3. The van der Waals surface area contributed by atoms with Crippen molar-refractivity contribution >= 4 is 0 Å². The van der Waals surface area contributed by atoms with Crippen molar-refractivity contribution < 1.29 is 4.74 Å². The van der Waals surface area contributed by atoms with Crippen molar-refractivity contribution in [3.63, 3.8) is 0 Å². The number of hydrogen-bond donors (Lipinski definition) is 1. The van der Waals surface area contributed by atoms with Crippen LogP contribution in [0.1, 0.15) is 12.5 Å². The maximum absolute atomic E-state index is 5.32. The van der Waals surface area contributed by atoms with E-state index in [1.807, 2.05) is 10.9 Å². The molecule has 0 radical (unpaired) electrons. The Kier molecular flexibility index (Phi) is 4.97. The summed E-state index contributed by atoms with van der Waals surface area (Å²) < 4.78 is 7.27. The lowest BCUT2D eigenvalue weighted by atomic mass is 10.3. The predicted molar refractivity (Wildman–Crippen MR) is 66.9 cm³/mol. The summed E-state index contributed by atoms with van der Waals surface area (Å²) in [5.41, 5.74) is 1.26. The van der Waals surface area contributed by atoms with Gasteiger partial charge in [0, 0.05) is 51.0 Å². The van der Waals surface area contributed by atoms with E-state index >= 15 is 0 Å². The second kappa shape index (κ2) is 6.74. The normalized spacial score (nSPS) is 17.5. The van der Waals surface area contributed by atoms with Crippen LogP contribution < -0.4 is 5.32 Å². The molecule has 0 aliphatic carbocycles. The topological polar surface area (TPSA) is 42.3 Å². The molecule has 0 bridgehead atoms. The quantitative estimate of drug-likeness (QED) is 0.725. The molecule has 1 aliphatic rings. The largest absolute Gasteiger partial charge is 0.379 e. The maximum Gasteiger partial charge on any atom is 0.0594 e. The smallest absolute Gasteiger partial charge is 0.0594 e. The highest BCUT2D eigenvalue weighted by Gasteiger charge is 2.08. The molecule has 5 heteroatoms. The van der Waals surface area contributed by atoms with Gasteiger partial charge in [-0.2, -0.15) is 5.10 Å². The molecular weight excluding hydrogens is 216 g/mol. The van der Waals surface area contributed by atoms with Crippen LogP contribution in [0, 0.1) is 0 Å². The zero-order chi connectivity index (χ0) is 11.9. The molecule has 0 spiro atoms. The Hall–Kier alpha value is -0.910. The Morgan fingerprint density at radius 2 is 2.24 bits per heavy atom. The molecule has 0 atom stereocenters. The van der Waals surface area contributed by atoms with Gasteiger partial charge in [-0.25, -0.2) is 0 Å². The number of hydrogen-bond acceptors (Lipinski definition) is 4. The van der Waals surface area contributed by atoms with E-state index in [-0.39, 0.29) is 0 Å². The minimum atomic E-state index is 0.878. The molecule has 0 unspecified atom stereocenters. The highest BCUT2D eigenvalue weighted by molar-refractivity contribution is 5.03. The number of nitrogens with one attached hydrogen (secondary N) is 1. The average Bonchev–Trinajstić information content (AvgIpc) is 2.84. The van der Waals surface area contributed by atoms with Gasteiger partial charge in [-0.15, -0.1) is 0 Å². The second-order valence-corrected chi connectivity index (χ2v) is 4.34. The van der Waals surface area contributed by atoms with E-state index in [0.717, 1.165) is 52.5 Å². The molecule has 1 aromatic heterocycles. The molecule has 0 saturated carbocycles. The number of nitrogens with zero attached hydrogens (tertiary/aromatic N) is 3. The van der Waals surface area contributed by atoms with Crippen LogP contribution in [-0.2, 0) is 17.8 Å². The summed E-state index contributed by atoms with van der Waals surface area (Å²) in [5, 5.41) is 7.70. The molecule has 2 rings (SSSR count). The van der Waals surface area contributed by atoms with Crippen molar-refractivity contribution in [1.82, 2.24) is 20.0 Å². The first-order chi connectivity index (χ1) is 8.38. The van der Waals surface area contributed by atoms with E-state index in [0.29, 0.717) is 0 Å². The van der Waals surface area contributed by atoms with Gasteiger partial charge in [0.25, 0.3) is 0 Å². The third-order valence-electron chi connectivity index (χ3n) is 3.05. The molecule has 1 fully saturated rings. The zero-order valence-corrected chi connectivity index (χ0v) is 10.6. The van der Waals surface area contributed by atoms with E-state index in [1.54, 1.807) is 0 Å². The summed E-state index contributed by atoms with van der Waals surface area (Å²) in [4.78, 5) is 2.44. The van der Waals surface area contributed by atoms with Gasteiger partial charge in [0.2, 0.25) is 0 Å². The molecule has 2 heterocycles. The van der Waals surface area contributed by atoms with E-state index in [4.69, 9.17) is 4.74 Å². The summed E-state index contributed by atoms with van der Waals surface area (Å²) in [6.07, 6.45) is 4.03. The minimum absolute atomic E-state index is 0.878. The Labute approximate surface area is 103 Å². The van der Waals surface area contributed by atoms with Crippen LogP contribution in [-0.4, -0.2) is 54.1 Å². The Bertz CT molecular complexity index is 320. The van der Waals surface area contributed by atoms with Crippen molar-refractivity contribution in [2.45, 2.75) is 20.0 Å². The summed E-state index contributed by atoms with van der Waals surface area (Å²) in [6.45, 7) is 9.96. The van der Waals surface area contributed by atoms with E-state index in [1.165, 1.54) is 5.56 Å². The third-order valence-corrected chi connectivity index (χ3v) is 3.05. The molecule has 0 amide bonds. The summed E-state index contributed by atoms with van der Waals surface area (Å²) in [6, 6.07) is 0. The number of rotatable bonds is 6. The lowest BCUT2D eigenvalue weighted by molar-refractivity contribution is 0.0384. The first kappa shape index (κ1) is 12.5. The molecular formula is C12H22N4O. The second-order valence-electron chi connectivity index (χ2n) is 4.34. The van der Waals surface area contributed by atoms with Crippen LogP contribution in [0.4, 0.5) is 0 Å². The summed E-state index contributed by atoms with van der Waals surface area (Å²) in [7, 11) is 0. The van der Waals surface area contributed by atoms with E-state index < -0.39 is 0 Å². The van der Waals surface area contributed by atoms with Gasteiger partial charge in [0.05, 0.1) is 19.4 Å².